The first-order chi connectivity index (χ1) is 8.80. The number of hydrogen-bond acceptors (Lipinski definition) is 1. The molecule has 0 bridgehead atoms. The fourth-order valence-electron chi connectivity index (χ4n) is 2.35. The summed E-state index contributed by atoms with van der Waals surface area (Å²) in [6.07, 6.45) is 1.12. The maximum Gasteiger partial charge on any atom is 0.0115 e. The third-order valence-electron chi connectivity index (χ3n) is 4.40. The normalized spacial score (nSPS) is 13.7. The van der Waals surface area contributed by atoms with Gasteiger partial charge in [0.2, 0.25) is 0 Å². The Morgan fingerprint density at radius 3 is 1.60 bits per heavy atom. The molecule has 20 heavy (non-hydrogen) atoms. The van der Waals surface area contributed by atoms with Crippen molar-refractivity contribution in [2.45, 2.75) is 89.9 Å². The maximum absolute atomic E-state index is 4.90. The lowest BCUT2D eigenvalue weighted by Crippen LogP contribution is -2.23. The summed E-state index contributed by atoms with van der Waals surface area (Å²) in [5.74, 6) is 0. The lowest BCUT2D eigenvalue weighted by atomic mass is 9.74. The quantitative estimate of drug-likeness (QED) is 0.611. The van der Waals surface area contributed by atoms with Gasteiger partial charge in [-0.1, -0.05) is 74.4 Å². The van der Waals surface area contributed by atoms with Crippen molar-refractivity contribution in [2.75, 3.05) is 0 Å². The van der Waals surface area contributed by atoms with Crippen LogP contribution in [0.25, 0.3) is 0 Å². The monoisotopic (exact) mass is 292 g/mol. The number of benzene rings is 1. The van der Waals surface area contributed by atoms with E-state index in [1.807, 2.05) is 0 Å². The smallest absolute Gasteiger partial charge is 0.0115 e. The Kier molecular flexibility index (Phi) is 4.76. The average molecular weight is 293 g/mol. The van der Waals surface area contributed by atoms with Crippen molar-refractivity contribution in [2.24, 2.45) is 0 Å². The summed E-state index contributed by atoms with van der Waals surface area (Å²) < 4.78 is 0. The fourth-order valence-corrected chi connectivity index (χ4v) is 3.11. The average Bonchev–Trinajstić information content (AvgIpc) is 2.25. The molecule has 0 nitrogen and oxygen atoms in total. The Hall–Kier alpha value is -0.430. The van der Waals surface area contributed by atoms with Crippen LogP contribution in [-0.2, 0) is 16.2 Å². The van der Waals surface area contributed by atoms with Crippen LogP contribution in [0.4, 0.5) is 0 Å². The summed E-state index contributed by atoms with van der Waals surface area (Å²) in [7, 11) is 0. The third-order valence-corrected chi connectivity index (χ3v) is 4.88. The van der Waals surface area contributed by atoms with Gasteiger partial charge in [0.15, 0.2) is 0 Å². The third kappa shape index (κ3) is 3.61. The summed E-state index contributed by atoms with van der Waals surface area (Å²) in [5.41, 5.74) is 4.62. The predicted octanol–water partition coefficient (Wildman–Crippen LogP) is 6.26. The van der Waals surface area contributed by atoms with Gasteiger partial charge in [0.1, 0.15) is 0 Å². The van der Waals surface area contributed by atoms with Gasteiger partial charge in [0.05, 0.1) is 0 Å². The second-order valence-electron chi connectivity index (χ2n) is 8.66. The molecule has 0 aliphatic carbocycles. The zero-order chi connectivity index (χ0) is 15.9. The van der Waals surface area contributed by atoms with E-state index in [9.17, 15) is 0 Å². The standard InChI is InChI=1S/C19H32S/c1-10-19(8,9)15-12-13(17(2,3)4)11-14(16(15)20)18(5,6)7/h11-12,20H,10H2,1-9H3. The summed E-state index contributed by atoms with van der Waals surface area (Å²) in [4.78, 5) is 1.18. The summed E-state index contributed by atoms with van der Waals surface area (Å²) >= 11 is 4.90. The minimum absolute atomic E-state index is 0.122. The zero-order valence-electron chi connectivity index (χ0n) is 14.8. The van der Waals surface area contributed by atoms with Crippen LogP contribution in [0.3, 0.4) is 0 Å². The predicted molar refractivity (Wildman–Crippen MR) is 94.4 cm³/mol. The van der Waals surface area contributed by atoms with Gasteiger partial charge in [-0.25, -0.2) is 0 Å². The fraction of sp³-hybridized carbons (Fsp3) is 0.684. The Morgan fingerprint density at radius 1 is 0.800 bits per heavy atom. The number of hydrogen-bond donors (Lipinski definition) is 1. The van der Waals surface area contributed by atoms with Crippen molar-refractivity contribution in [1.82, 2.24) is 0 Å². The lowest BCUT2D eigenvalue weighted by Gasteiger charge is -2.33. The van der Waals surface area contributed by atoms with Crippen LogP contribution in [0.15, 0.2) is 17.0 Å². The minimum atomic E-state index is 0.122. The van der Waals surface area contributed by atoms with Gasteiger partial charge in [0, 0.05) is 4.90 Å². The molecule has 0 radical (unpaired) electrons. The van der Waals surface area contributed by atoms with Crippen molar-refractivity contribution in [3.05, 3.63) is 28.8 Å². The first kappa shape index (κ1) is 17.6. The first-order valence-electron chi connectivity index (χ1n) is 7.69. The largest absolute Gasteiger partial charge is 0.143 e. The van der Waals surface area contributed by atoms with E-state index in [1.54, 1.807) is 0 Å². The summed E-state index contributed by atoms with van der Waals surface area (Å²) in [6.45, 7) is 20.6. The second kappa shape index (κ2) is 5.40. The number of rotatable bonds is 2. The molecule has 0 saturated carbocycles. The summed E-state index contributed by atoms with van der Waals surface area (Å²) in [6, 6.07) is 4.73. The van der Waals surface area contributed by atoms with E-state index in [4.69, 9.17) is 12.6 Å². The molecule has 0 aliphatic heterocycles. The molecule has 1 rings (SSSR count). The molecule has 0 N–H and O–H groups in total. The molecule has 0 fully saturated rings. The molecule has 1 aromatic rings. The number of thiol groups is 1. The Bertz CT molecular complexity index is 482. The molecule has 0 heterocycles. The molecule has 0 aromatic heterocycles. The van der Waals surface area contributed by atoms with E-state index in [0.29, 0.717) is 0 Å². The van der Waals surface area contributed by atoms with E-state index < -0.39 is 0 Å². The van der Waals surface area contributed by atoms with Gasteiger partial charge in [-0.15, -0.1) is 12.6 Å². The van der Waals surface area contributed by atoms with Crippen molar-refractivity contribution in [3.63, 3.8) is 0 Å². The first-order valence-corrected chi connectivity index (χ1v) is 8.14. The van der Waals surface area contributed by atoms with E-state index in [2.05, 4.69) is 74.4 Å². The molecule has 0 spiro atoms. The Morgan fingerprint density at radius 2 is 1.25 bits per heavy atom. The second-order valence-corrected chi connectivity index (χ2v) is 9.10. The lowest BCUT2D eigenvalue weighted by molar-refractivity contribution is 0.483. The maximum atomic E-state index is 4.90. The van der Waals surface area contributed by atoms with E-state index in [1.165, 1.54) is 21.6 Å². The van der Waals surface area contributed by atoms with Gasteiger partial charge in [-0.05, 0) is 39.4 Å². The topological polar surface area (TPSA) is 0 Å². The van der Waals surface area contributed by atoms with E-state index in [0.717, 1.165) is 6.42 Å². The highest BCUT2D eigenvalue weighted by molar-refractivity contribution is 7.80. The van der Waals surface area contributed by atoms with Crippen LogP contribution in [0.5, 0.6) is 0 Å². The highest BCUT2D eigenvalue weighted by Crippen LogP contribution is 2.41. The van der Waals surface area contributed by atoms with Gasteiger partial charge in [-0.3, -0.25) is 0 Å². The Labute approximate surface area is 131 Å². The molecular weight excluding hydrogens is 260 g/mol. The van der Waals surface area contributed by atoms with Crippen LogP contribution in [0.2, 0.25) is 0 Å². The minimum Gasteiger partial charge on any atom is -0.143 e. The van der Waals surface area contributed by atoms with Crippen molar-refractivity contribution >= 4 is 12.6 Å². The Balaban J connectivity index is 3.69. The van der Waals surface area contributed by atoms with Crippen LogP contribution in [-0.4, -0.2) is 0 Å². The molecule has 0 saturated heterocycles. The molecular formula is C19H32S. The van der Waals surface area contributed by atoms with Gasteiger partial charge in [-0.2, -0.15) is 0 Å². The highest BCUT2D eigenvalue weighted by atomic mass is 32.1. The van der Waals surface area contributed by atoms with Crippen molar-refractivity contribution in [3.8, 4) is 0 Å². The molecule has 114 valence electrons. The van der Waals surface area contributed by atoms with Gasteiger partial charge in [0.25, 0.3) is 0 Å². The molecule has 1 aromatic carbocycles. The van der Waals surface area contributed by atoms with Crippen molar-refractivity contribution < 1.29 is 0 Å². The van der Waals surface area contributed by atoms with E-state index in [-0.39, 0.29) is 16.2 Å². The van der Waals surface area contributed by atoms with Crippen molar-refractivity contribution in [1.29, 1.82) is 0 Å². The van der Waals surface area contributed by atoms with Crippen LogP contribution in [0.1, 0.15) is 85.4 Å². The van der Waals surface area contributed by atoms with E-state index >= 15 is 0 Å². The zero-order valence-corrected chi connectivity index (χ0v) is 15.7. The highest BCUT2D eigenvalue weighted by Gasteiger charge is 2.28. The molecule has 0 atom stereocenters. The van der Waals surface area contributed by atoms with Gasteiger partial charge >= 0.3 is 0 Å². The SMILES string of the molecule is CCC(C)(C)c1cc(C(C)(C)C)cc(C(C)(C)C)c1S. The van der Waals surface area contributed by atoms with Crippen LogP contribution < -0.4 is 0 Å². The molecule has 0 amide bonds. The molecule has 0 aliphatic rings. The van der Waals surface area contributed by atoms with Crippen LogP contribution >= 0.6 is 12.6 Å². The summed E-state index contributed by atoms with van der Waals surface area (Å²) in [5, 5.41) is 0. The molecule has 0 unspecified atom stereocenters. The van der Waals surface area contributed by atoms with Gasteiger partial charge < -0.3 is 0 Å². The molecule has 1 heteroatoms. The van der Waals surface area contributed by atoms with Crippen LogP contribution in [0, 0.1) is 0 Å².